The largest absolute Gasteiger partial charge is 0.345 e. The standard InChI is InChI=1S/C20H23N3O3S/c1-4-23(5-2)27(25,26)16-13-19(22(3)14-16)20(24)21-18-12-8-10-15-9-6-7-11-17(15)18/h6-14H,4-5H2,1-3H3,(H,21,24). The summed E-state index contributed by atoms with van der Waals surface area (Å²) in [5, 5.41) is 4.85. The Morgan fingerprint density at radius 2 is 1.74 bits per heavy atom. The lowest BCUT2D eigenvalue weighted by molar-refractivity contribution is 0.101. The van der Waals surface area contributed by atoms with Crippen LogP contribution in [0.4, 0.5) is 5.69 Å². The summed E-state index contributed by atoms with van der Waals surface area (Å²) >= 11 is 0. The van der Waals surface area contributed by atoms with Crippen LogP contribution < -0.4 is 5.32 Å². The average molecular weight is 385 g/mol. The van der Waals surface area contributed by atoms with E-state index in [-0.39, 0.29) is 16.5 Å². The molecule has 0 aliphatic rings. The maximum atomic E-state index is 12.8. The molecule has 0 atom stereocenters. The molecule has 27 heavy (non-hydrogen) atoms. The van der Waals surface area contributed by atoms with E-state index in [0.717, 1.165) is 10.8 Å². The maximum Gasteiger partial charge on any atom is 0.272 e. The summed E-state index contributed by atoms with van der Waals surface area (Å²) in [5.41, 5.74) is 0.973. The number of rotatable bonds is 6. The molecule has 0 saturated heterocycles. The summed E-state index contributed by atoms with van der Waals surface area (Å²) in [6, 6.07) is 14.9. The van der Waals surface area contributed by atoms with Crippen LogP contribution in [-0.4, -0.2) is 36.3 Å². The molecular weight excluding hydrogens is 362 g/mol. The quantitative estimate of drug-likeness (QED) is 0.706. The summed E-state index contributed by atoms with van der Waals surface area (Å²) in [7, 11) is -1.95. The van der Waals surface area contributed by atoms with Crippen LogP contribution in [0.3, 0.4) is 0 Å². The van der Waals surface area contributed by atoms with Gasteiger partial charge in [0.15, 0.2) is 0 Å². The predicted molar refractivity (Wildman–Crippen MR) is 107 cm³/mol. The van der Waals surface area contributed by atoms with E-state index >= 15 is 0 Å². The number of nitrogens with one attached hydrogen (secondary N) is 1. The van der Waals surface area contributed by atoms with Gasteiger partial charge in [-0.15, -0.1) is 0 Å². The molecule has 2 aromatic carbocycles. The Kier molecular flexibility index (Phi) is 5.34. The fraction of sp³-hybridized carbons (Fsp3) is 0.250. The summed E-state index contributed by atoms with van der Waals surface area (Å²) in [6.07, 6.45) is 1.48. The first-order valence-electron chi connectivity index (χ1n) is 8.84. The Balaban J connectivity index is 1.93. The number of amides is 1. The molecule has 1 aromatic heterocycles. The van der Waals surface area contributed by atoms with Crippen molar-refractivity contribution in [2.75, 3.05) is 18.4 Å². The van der Waals surface area contributed by atoms with Gasteiger partial charge in [0.2, 0.25) is 10.0 Å². The minimum Gasteiger partial charge on any atom is -0.345 e. The second kappa shape index (κ2) is 7.54. The number of nitrogens with zero attached hydrogens (tertiary/aromatic N) is 2. The van der Waals surface area contributed by atoms with Crippen LogP contribution in [0.25, 0.3) is 10.8 Å². The number of hydrogen-bond donors (Lipinski definition) is 1. The SMILES string of the molecule is CCN(CC)S(=O)(=O)c1cc(C(=O)Nc2cccc3ccccc23)n(C)c1. The molecule has 1 amide bonds. The van der Waals surface area contributed by atoms with Crippen molar-refractivity contribution in [1.82, 2.24) is 8.87 Å². The molecule has 1 heterocycles. The molecule has 0 radical (unpaired) electrons. The Hall–Kier alpha value is -2.64. The van der Waals surface area contributed by atoms with Crippen LogP contribution >= 0.6 is 0 Å². The van der Waals surface area contributed by atoms with Crippen LogP contribution in [0.2, 0.25) is 0 Å². The van der Waals surface area contributed by atoms with E-state index in [1.807, 2.05) is 42.5 Å². The van der Waals surface area contributed by atoms with Crippen molar-refractivity contribution in [2.45, 2.75) is 18.7 Å². The molecule has 0 aliphatic heterocycles. The fourth-order valence-corrected chi connectivity index (χ4v) is 4.66. The van der Waals surface area contributed by atoms with Crippen molar-refractivity contribution >= 4 is 32.4 Å². The molecule has 1 N–H and O–H groups in total. The average Bonchev–Trinajstić information content (AvgIpc) is 3.05. The molecule has 0 unspecified atom stereocenters. The molecule has 0 bridgehead atoms. The lowest BCUT2D eigenvalue weighted by Gasteiger charge is -2.17. The highest BCUT2D eigenvalue weighted by molar-refractivity contribution is 7.89. The van der Waals surface area contributed by atoms with Crippen LogP contribution in [-0.2, 0) is 17.1 Å². The van der Waals surface area contributed by atoms with Crippen molar-refractivity contribution in [1.29, 1.82) is 0 Å². The van der Waals surface area contributed by atoms with E-state index in [2.05, 4.69) is 5.32 Å². The minimum atomic E-state index is -3.61. The van der Waals surface area contributed by atoms with Gasteiger partial charge in [-0.05, 0) is 17.5 Å². The number of hydrogen-bond acceptors (Lipinski definition) is 3. The summed E-state index contributed by atoms with van der Waals surface area (Å²) < 4.78 is 28.3. The van der Waals surface area contributed by atoms with Crippen LogP contribution in [0.1, 0.15) is 24.3 Å². The lowest BCUT2D eigenvalue weighted by atomic mass is 10.1. The van der Waals surface area contributed by atoms with Gasteiger partial charge >= 0.3 is 0 Å². The zero-order chi connectivity index (χ0) is 19.6. The molecule has 0 saturated carbocycles. The van der Waals surface area contributed by atoms with Crippen LogP contribution in [0.15, 0.2) is 59.6 Å². The Bertz CT molecular complexity index is 1080. The summed E-state index contributed by atoms with van der Waals surface area (Å²) in [6.45, 7) is 4.34. The first-order chi connectivity index (χ1) is 12.9. The van der Waals surface area contributed by atoms with E-state index in [1.165, 1.54) is 21.1 Å². The van der Waals surface area contributed by atoms with Crippen molar-refractivity contribution in [3.05, 3.63) is 60.4 Å². The molecule has 3 aromatic rings. The third-order valence-corrected chi connectivity index (χ3v) is 6.61. The Morgan fingerprint density at radius 3 is 2.44 bits per heavy atom. The van der Waals surface area contributed by atoms with Crippen molar-refractivity contribution in [2.24, 2.45) is 7.05 Å². The second-order valence-corrected chi connectivity index (χ2v) is 8.18. The molecule has 142 valence electrons. The van der Waals surface area contributed by atoms with Crippen LogP contribution in [0.5, 0.6) is 0 Å². The van der Waals surface area contributed by atoms with Gasteiger partial charge in [0.05, 0.1) is 0 Å². The first-order valence-corrected chi connectivity index (χ1v) is 10.3. The smallest absolute Gasteiger partial charge is 0.272 e. The highest BCUT2D eigenvalue weighted by atomic mass is 32.2. The number of sulfonamides is 1. The number of fused-ring (bicyclic) bond motifs is 1. The number of anilines is 1. The number of benzene rings is 2. The number of carbonyl (C=O) groups is 1. The van der Waals surface area contributed by atoms with Crippen molar-refractivity contribution in [3.63, 3.8) is 0 Å². The van der Waals surface area contributed by atoms with Gasteiger partial charge in [-0.3, -0.25) is 4.79 Å². The third-order valence-electron chi connectivity index (χ3n) is 4.59. The van der Waals surface area contributed by atoms with Gasteiger partial charge in [-0.25, -0.2) is 8.42 Å². The highest BCUT2D eigenvalue weighted by Gasteiger charge is 2.25. The van der Waals surface area contributed by atoms with E-state index < -0.39 is 10.0 Å². The highest BCUT2D eigenvalue weighted by Crippen LogP contribution is 2.24. The predicted octanol–water partition coefficient (Wildman–Crippen LogP) is 3.46. The Labute approximate surface area is 159 Å². The molecule has 6 nitrogen and oxygen atoms in total. The van der Waals surface area contributed by atoms with Crippen LogP contribution in [0, 0.1) is 0 Å². The van der Waals surface area contributed by atoms with Gasteiger partial charge in [-0.2, -0.15) is 4.31 Å². The topological polar surface area (TPSA) is 71.4 Å². The molecule has 0 fully saturated rings. The number of aryl methyl sites for hydroxylation is 1. The lowest BCUT2D eigenvalue weighted by Crippen LogP contribution is -2.30. The minimum absolute atomic E-state index is 0.122. The van der Waals surface area contributed by atoms with Gasteiger partial charge in [0, 0.05) is 37.4 Å². The second-order valence-electron chi connectivity index (χ2n) is 6.24. The molecule has 7 heteroatoms. The Morgan fingerprint density at radius 1 is 1.07 bits per heavy atom. The summed E-state index contributed by atoms with van der Waals surface area (Å²) in [5.74, 6) is -0.352. The number of aromatic nitrogens is 1. The van der Waals surface area contributed by atoms with Gasteiger partial charge in [-0.1, -0.05) is 50.2 Å². The van der Waals surface area contributed by atoms with E-state index in [1.54, 1.807) is 20.9 Å². The van der Waals surface area contributed by atoms with Crippen molar-refractivity contribution in [3.8, 4) is 0 Å². The normalized spacial score (nSPS) is 11.9. The number of carbonyl (C=O) groups excluding carboxylic acids is 1. The van der Waals surface area contributed by atoms with E-state index in [4.69, 9.17) is 0 Å². The monoisotopic (exact) mass is 385 g/mol. The van der Waals surface area contributed by atoms with Gasteiger partial charge in [0.25, 0.3) is 5.91 Å². The third kappa shape index (κ3) is 3.61. The van der Waals surface area contributed by atoms with Crippen molar-refractivity contribution < 1.29 is 13.2 Å². The van der Waals surface area contributed by atoms with Gasteiger partial charge in [0.1, 0.15) is 10.6 Å². The van der Waals surface area contributed by atoms with Gasteiger partial charge < -0.3 is 9.88 Å². The molecule has 3 rings (SSSR count). The summed E-state index contributed by atoms with van der Waals surface area (Å²) in [4.78, 5) is 12.9. The zero-order valence-corrected chi connectivity index (χ0v) is 16.5. The maximum absolute atomic E-state index is 12.8. The molecular formula is C20H23N3O3S. The fourth-order valence-electron chi connectivity index (χ4n) is 3.13. The first kappa shape index (κ1) is 19.1. The van der Waals surface area contributed by atoms with E-state index in [0.29, 0.717) is 18.8 Å². The zero-order valence-electron chi connectivity index (χ0n) is 15.6. The van der Waals surface area contributed by atoms with E-state index in [9.17, 15) is 13.2 Å². The molecule has 0 aliphatic carbocycles. The molecule has 0 spiro atoms.